The van der Waals surface area contributed by atoms with E-state index in [4.69, 9.17) is 31.5 Å². The zero-order chi connectivity index (χ0) is 24.2. The molecule has 0 spiro atoms. The van der Waals surface area contributed by atoms with Gasteiger partial charge >= 0.3 is 5.97 Å². The SMILES string of the molecule is COc1ccc(Br)cc1C1C(C#N)=C(N)Oc2cc(OC(=O)/C=C/c3ccccc3Cl)ccc21. The highest BCUT2D eigenvalue weighted by Crippen LogP contribution is 2.46. The summed E-state index contributed by atoms with van der Waals surface area (Å²) in [6.07, 6.45) is 2.87. The van der Waals surface area contributed by atoms with E-state index in [1.54, 1.807) is 55.7 Å². The Bertz CT molecular complexity index is 1380. The Morgan fingerprint density at radius 1 is 1.18 bits per heavy atom. The summed E-state index contributed by atoms with van der Waals surface area (Å²) in [5, 5.41) is 10.3. The van der Waals surface area contributed by atoms with Crippen molar-refractivity contribution >= 4 is 39.6 Å². The molecule has 3 aromatic carbocycles. The molecule has 0 aromatic heterocycles. The first kappa shape index (κ1) is 23.4. The molecule has 2 N–H and O–H groups in total. The monoisotopic (exact) mass is 536 g/mol. The summed E-state index contributed by atoms with van der Waals surface area (Å²) in [4.78, 5) is 12.3. The summed E-state index contributed by atoms with van der Waals surface area (Å²) in [6.45, 7) is 0. The number of fused-ring (bicyclic) bond motifs is 1. The summed E-state index contributed by atoms with van der Waals surface area (Å²) in [5.74, 6) is 0.115. The Morgan fingerprint density at radius 3 is 2.71 bits per heavy atom. The van der Waals surface area contributed by atoms with Crippen molar-refractivity contribution in [1.29, 1.82) is 5.26 Å². The Labute approximate surface area is 209 Å². The summed E-state index contributed by atoms with van der Waals surface area (Å²) in [6, 6.07) is 19.8. The van der Waals surface area contributed by atoms with Crippen LogP contribution in [-0.2, 0) is 4.79 Å². The van der Waals surface area contributed by atoms with Crippen LogP contribution in [0.1, 0.15) is 22.6 Å². The first-order valence-corrected chi connectivity index (χ1v) is 11.3. The van der Waals surface area contributed by atoms with Crippen molar-refractivity contribution in [3.8, 4) is 23.3 Å². The molecule has 1 aliphatic heterocycles. The maximum absolute atomic E-state index is 12.3. The van der Waals surface area contributed by atoms with Crippen molar-refractivity contribution < 1.29 is 19.0 Å². The molecule has 34 heavy (non-hydrogen) atoms. The van der Waals surface area contributed by atoms with E-state index in [2.05, 4.69) is 22.0 Å². The van der Waals surface area contributed by atoms with Crippen LogP contribution in [0, 0.1) is 11.3 Å². The van der Waals surface area contributed by atoms with Gasteiger partial charge in [0.25, 0.3) is 0 Å². The minimum absolute atomic E-state index is 0.0240. The number of carbonyl (C=O) groups excluding carboxylic acids is 1. The third-order valence-corrected chi connectivity index (χ3v) is 6.05. The van der Waals surface area contributed by atoms with Crippen LogP contribution < -0.4 is 19.9 Å². The van der Waals surface area contributed by atoms with Crippen LogP contribution in [0.5, 0.6) is 17.2 Å². The van der Waals surface area contributed by atoms with Crippen LogP contribution >= 0.6 is 27.5 Å². The lowest BCUT2D eigenvalue weighted by atomic mass is 9.83. The van der Waals surface area contributed by atoms with Crippen molar-refractivity contribution in [1.82, 2.24) is 0 Å². The normalized spacial score (nSPS) is 14.8. The molecule has 0 fully saturated rings. The second-order valence-electron chi connectivity index (χ2n) is 7.29. The van der Waals surface area contributed by atoms with Crippen LogP contribution in [0.4, 0.5) is 0 Å². The number of hydrogen-bond donors (Lipinski definition) is 1. The highest BCUT2D eigenvalue weighted by Gasteiger charge is 2.33. The molecule has 0 saturated carbocycles. The number of nitriles is 1. The van der Waals surface area contributed by atoms with Gasteiger partial charge in [0.2, 0.25) is 5.88 Å². The Balaban J connectivity index is 1.66. The number of ether oxygens (including phenoxy) is 3. The molecule has 0 amide bonds. The number of methoxy groups -OCH3 is 1. The first-order chi connectivity index (χ1) is 16.4. The van der Waals surface area contributed by atoms with Crippen molar-refractivity contribution in [3.63, 3.8) is 0 Å². The average Bonchev–Trinajstić information content (AvgIpc) is 2.82. The molecule has 0 aliphatic carbocycles. The molecule has 0 bridgehead atoms. The molecule has 1 heterocycles. The molecule has 3 aromatic rings. The zero-order valence-electron chi connectivity index (χ0n) is 17.9. The highest BCUT2D eigenvalue weighted by atomic mass is 79.9. The number of carbonyl (C=O) groups is 1. The van der Waals surface area contributed by atoms with Crippen LogP contribution in [0.2, 0.25) is 5.02 Å². The lowest BCUT2D eigenvalue weighted by Crippen LogP contribution is -2.21. The van der Waals surface area contributed by atoms with Crippen LogP contribution in [0.3, 0.4) is 0 Å². The molecule has 170 valence electrons. The number of nitrogens with zero attached hydrogens (tertiary/aromatic N) is 1. The van der Waals surface area contributed by atoms with E-state index >= 15 is 0 Å². The zero-order valence-corrected chi connectivity index (χ0v) is 20.3. The Morgan fingerprint density at radius 2 is 1.97 bits per heavy atom. The van der Waals surface area contributed by atoms with E-state index in [1.807, 2.05) is 18.2 Å². The third-order valence-electron chi connectivity index (χ3n) is 5.22. The first-order valence-electron chi connectivity index (χ1n) is 10.1. The number of allylic oxidation sites excluding steroid dienone is 1. The van der Waals surface area contributed by atoms with E-state index in [0.29, 0.717) is 27.6 Å². The summed E-state index contributed by atoms with van der Waals surface area (Å²) in [7, 11) is 1.56. The minimum atomic E-state index is -0.581. The van der Waals surface area contributed by atoms with Crippen molar-refractivity contribution in [3.05, 3.63) is 104 Å². The minimum Gasteiger partial charge on any atom is -0.496 e. The van der Waals surface area contributed by atoms with Gasteiger partial charge in [0.15, 0.2) is 0 Å². The highest BCUT2D eigenvalue weighted by molar-refractivity contribution is 9.10. The number of halogens is 2. The molecule has 8 heteroatoms. The van der Waals surface area contributed by atoms with Crippen molar-refractivity contribution in [2.45, 2.75) is 5.92 Å². The fraction of sp³-hybridized carbons (Fsp3) is 0.0769. The molecule has 6 nitrogen and oxygen atoms in total. The largest absolute Gasteiger partial charge is 0.496 e. The number of nitrogens with two attached hydrogens (primary N) is 1. The van der Waals surface area contributed by atoms with Gasteiger partial charge < -0.3 is 19.9 Å². The Kier molecular flexibility index (Phi) is 6.92. The van der Waals surface area contributed by atoms with Gasteiger partial charge in [-0.1, -0.05) is 51.8 Å². The summed E-state index contributed by atoms with van der Waals surface area (Å²) in [5.41, 5.74) is 8.48. The standard InChI is InChI=1S/C26H18BrClN2O4/c1-32-22-10-7-16(27)12-19(22)25-18-9-8-17(13-23(18)34-26(30)20(25)14-29)33-24(31)11-6-15-4-2-3-5-21(15)28/h2-13,25H,30H2,1H3/b11-6+. The molecular formula is C26H18BrClN2O4. The number of esters is 1. The smallest absolute Gasteiger partial charge is 0.336 e. The third kappa shape index (κ3) is 4.79. The maximum atomic E-state index is 12.3. The molecule has 0 radical (unpaired) electrons. The molecule has 4 rings (SSSR count). The molecule has 0 saturated heterocycles. The number of rotatable bonds is 5. The fourth-order valence-electron chi connectivity index (χ4n) is 3.67. The fourth-order valence-corrected chi connectivity index (χ4v) is 4.25. The lowest BCUT2D eigenvalue weighted by molar-refractivity contribution is -0.128. The number of benzene rings is 3. The van der Waals surface area contributed by atoms with Gasteiger partial charge in [-0.25, -0.2) is 4.79 Å². The second-order valence-corrected chi connectivity index (χ2v) is 8.61. The van der Waals surface area contributed by atoms with Crippen LogP contribution in [-0.4, -0.2) is 13.1 Å². The molecule has 1 unspecified atom stereocenters. The van der Waals surface area contributed by atoms with Gasteiger partial charge in [0.05, 0.1) is 13.0 Å². The van der Waals surface area contributed by atoms with E-state index in [0.717, 1.165) is 10.0 Å². The van der Waals surface area contributed by atoms with E-state index in [9.17, 15) is 10.1 Å². The quantitative estimate of drug-likeness (QED) is 0.246. The predicted molar refractivity (Wildman–Crippen MR) is 133 cm³/mol. The average molecular weight is 538 g/mol. The molecule has 1 atom stereocenters. The maximum Gasteiger partial charge on any atom is 0.336 e. The van der Waals surface area contributed by atoms with E-state index in [-0.39, 0.29) is 17.2 Å². The van der Waals surface area contributed by atoms with Gasteiger partial charge in [0.1, 0.15) is 28.9 Å². The number of hydrogen-bond acceptors (Lipinski definition) is 6. The van der Waals surface area contributed by atoms with E-state index < -0.39 is 11.9 Å². The van der Waals surface area contributed by atoms with Gasteiger partial charge in [-0.15, -0.1) is 0 Å². The van der Waals surface area contributed by atoms with Gasteiger partial charge in [0, 0.05) is 32.8 Å². The van der Waals surface area contributed by atoms with E-state index in [1.165, 1.54) is 6.08 Å². The second kappa shape index (κ2) is 10.0. The summed E-state index contributed by atoms with van der Waals surface area (Å²) >= 11 is 9.58. The van der Waals surface area contributed by atoms with Crippen LogP contribution in [0.25, 0.3) is 6.08 Å². The van der Waals surface area contributed by atoms with Crippen molar-refractivity contribution in [2.75, 3.05) is 7.11 Å². The van der Waals surface area contributed by atoms with Gasteiger partial charge in [-0.2, -0.15) is 5.26 Å². The topological polar surface area (TPSA) is 94.6 Å². The van der Waals surface area contributed by atoms with Gasteiger partial charge in [-0.05, 0) is 42.0 Å². The van der Waals surface area contributed by atoms with Gasteiger partial charge in [-0.3, -0.25) is 0 Å². The molecular weight excluding hydrogens is 520 g/mol. The lowest BCUT2D eigenvalue weighted by Gasteiger charge is -2.27. The van der Waals surface area contributed by atoms with Crippen molar-refractivity contribution in [2.24, 2.45) is 5.73 Å². The summed E-state index contributed by atoms with van der Waals surface area (Å²) < 4.78 is 17.5. The predicted octanol–water partition coefficient (Wildman–Crippen LogP) is 5.95. The molecule has 1 aliphatic rings. The van der Waals surface area contributed by atoms with Crippen LogP contribution in [0.15, 0.2) is 82.7 Å². The Hall–Kier alpha value is -3.73.